The zero-order valence-electron chi connectivity index (χ0n) is 10.4. The second-order valence-electron chi connectivity index (χ2n) is 5.31. The van der Waals surface area contributed by atoms with Crippen LogP contribution in [-0.4, -0.2) is 18.2 Å². The van der Waals surface area contributed by atoms with E-state index in [-0.39, 0.29) is 5.60 Å². The number of aryl methyl sites for hydroxylation is 1. The number of anilines is 1. The van der Waals surface area contributed by atoms with E-state index in [1.807, 2.05) is 0 Å². The number of ether oxygens (including phenoxy) is 1. The van der Waals surface area contributed by atoms with Gasteiger partial charge in [-0.2, -0.15) is 0 Å². The number of hydrogen-bond donors (Lipinski definition) is 1. The minimum atomic E-state index is 0.0136. The van der Waals surface area contributed by atoms with Crippen LogP contribution in [0.1, 0.15) is 32.3 Å². The van der Waals surface area contributed by atoms with E-state index in [1.165, 1.54) is 11.3 Å². The molecule has 0 amide bonds. The molecule has 2 heteroatoms. The smallest absolute Gasteiger partial charge is 0.0646 e. The van der Waals surface area contributed by atoms with Gasteiger partial charge in [-0.05, 0) is 51.3 Å². The van der Waals surface area contributed by atoms with Gasteiger partial charge in [0, 0.05) is 18.3 Å². The van der Waals surface area contributed by atoms with E-state index in [0.717, 1.165) is 19.4 Å². The Kier molecular flexibility index (Phi) is 3.20. The minimum absolute atomic E-state index is 0.0136. The molecule has 1 heterocycles. The Balaban J connectivity index is 1.99. The molecule has 2 nitrogen and oxygen atoms in total. The molecule has 2 rings (SSSR count). The number of hydrogen-bond acceptors (Lipinski definition) is 2. The van der Waals surface area contributed by atoms with Gasteiger partial charge in [0.2, 0.25) is 0 Å². The lowest BCUT2D eigenvalue weighted by Crippen LogP contribution is -2.40. The quantitative estimate of drug-likeness (QED) is 0.823. The van der Waals surface area contributed by atoms with E-state index in [0.29, 0.717) is 6.04 Å². The Hall–Kier alpha value is -1.02. The maximum Gasteiger partial charge on any atom is 0.0646 e. The van der Waals surface area contributed by atoms with Crippen molar-refractivity contribution < 1.29 is 4.74 Å². The summed E-state index contributed by atoms with van der Waals surface area (Å²) in [5, 5.41) is 3.60. The third-order valence-electron chi connectivity index (χ3n) is 3.09. The molecule has 1 fully saturated rings. The molecule has 1 unspecified atom stereocenters. The van der Waals surface area contributed by atoms with Crippen molar-refractivity contribution in [3.63, 3.8) is 0 Å². The molecule has 1 aromatic rings. The van der Waals surface area contributed by atoms with Crippen molar-refractivity contribution in [2.45, 2.75) is 45.3 Å². The Bertz CT molecular complexity index is 360. The maximum atomic E-state index is 5.72. The Morgan fingerprint density at radius 1 is 1.38 bits per heavy atom. The molecule has 0 bridgehead atoms. The van der Waals surface area contributed by atoms with Crippen LogP contribution in [0.5, 0.6) is 0 Å². The number of benzene rings is 1. The van der Waals surface area contributed by atoms with Crippen LogP contribution < -0.4 is 5.32 Å². The van der Waals surface area contributed by atoms with Gasteiger partial charge in [0.1, 0.15) is 0 Å². The summed E-state index contributed by atoms with van der Waals surface area (Å²) in [7, 11) is 0. The normalized spacial score (nSPS) is 24.1. The molecule has 1 atom stereocenters. The summed E-state index contributed by atoms with van der Waals surface area (Å²) >= 11 is 0. The maximum absolute atomic E-state index is 5.72. The topological polar surface area (TPSA) is 21.3 Å². The van der Waals surface area contributed by atoms with Crippen molar-refractivity contribution in [1.29, 1.82) is 0 Å². The first-order chi connectivity index (χ1) is 7.55. The van der Waals surface area contributed by atoms with Gasteiger partial charge in [-0.25, -0.2) is 0 Å². The Morgan fingerprint density at radius 3 is 2.88 bits per heavy atom. The highest BCUT2D eigenvalue weighted by atomic mass is 16.5. The predicted octanol–water partition coefficient (Wildman–Crippen LogP) is 3.36. The average Bonchev–Trinajstić information content (AvgIpc) is 2.15. The number of nitrogens with one attached hydrogen (secondary N) is 1. The summed E-state index contributed by atoms with van der Waals surface area (Å²) in [6.07, 6.45) is 2.16. The predicted molar refractivity (Wildman–Crippen MR) is 67.9 cm³/mol. The zero-order valence-corrected chi connectivity index (χ0v) is 10.4. The summed E-state index contributed by atoms with van der Waals surface area (Å²) in [6.45, 7) is 7.31. The van der Waals surface area contributed by atoms with Crippen molar-refractivity contribution >= 4 is 5.69 Å². The second kappa shape index (κ2) is 4.46. The molecular weight excluding hydrogens is 198 g/mol. The van der Waals surface area contributed by atoms with Crippen molar-refractivity contribution in [2.24, 2.45) is 0 Å². The van der Waals surface area contributed by atoms with Crippen LogP contribution in [0, 0.1) is 6.92 Å². The molecule has 16 heavy (non-hydrogen) atoms. The van der Waals surface area contributed by atoms with E-state index in [4.69, 9.17) is 4.74 Å². The summed E-state index contributed by atoms with van der Waals surface area (Å²) < 4.78 is 5.72. The molecule has 0 aliphatic carbocycles. The molecule has 0 radical (unpaired) electrons. The largest absolute Gasteiger partial charge is 0.382 e. The Morgan fingerprint density at radius 2 is 2.19 bits per heavy atom. The van der Waals surface area contributed by atoms with E-state index >= 15 is 0 Å². The first-order valence-electron chi connectivity index (χ1n) is 6.02. The second-order valence-corrected chi connectivity index (χ2v) is 5.31. The molecule has 1 aliphatic heterocycles. The SMILES string of the molecule is Cc1cccc(NC2CCOC(C)(C)C2)c1. The van der Waals surface area contributed by atoms with Crippen LogP contribution in [0.4, 0.5) is 5.69 Å². The van der Waals surface area contributed by atoms with Crippen molar-refractivity contribution in [2.75, 3.05) is 11.9 Å². The van der Waals surface area contributed by atoms with Gasteiger partial charge in [0.05, 0.1) is 5.60 Å². The number of rotatable bonds is 2. The van der Waals surface area contributed by atoms with Gasteiger partial charge < -0.3 is 10.1 Å². The van der Waals surface area contributed by atoms with Crippen molar-refractivity contribution in [3.05, 3.63) is 29.8 Å². The van der Waals surface area contributed by atoms with Crippen LogP contribution in [0.15, 0.2) is 24.3 Å². The molecule has 1 aromatic carbocycles. The lowest BCUT2D eigenvalue weighted by Gasteiger charge is -2.36. The van der Waals surface area contributed by atoms with Crippen molar-refractivity contribution in [3.8, 4) is 0 Å². The highest BCUT2D eigenvalue weighted by molar-refractivity contribution is 5.46. The van der Waals surface area contributed by atoms with Gasteiger partial charge in [-0.15, -0.1) is 0 Å². The van der Waals surface area contributed by atoms with Crippen LogP contribution in [-0.2, 0) is 4.74 Å². The van der Waals surface area contributed by atoms with Gasteiger partial charge in [-0.3, -0.25) is 0 Å². The summed E-state index contributed by atoms with van der Waals surface area (Å²) in [4.78, 5) is 0. The van der Waals surface area contributed by atoms with Gasteiger partial charge in [0.15, 0.2) is 0 Å². The van der Waals surface area contributed by atoms with Gasteiger partial charge >= 0.3 is 0 Å². The molecule has 1 N–H and O–H groups in total. The molecular formula is C14H21NO. The fourth-order valence-corrected chi connectivity index (χ4v) is 2.33. The lowest BCUT2D eigenvalue weighted by atomic mass is 9.94. The van der Waals surface area contributed by atoms with Crippen LogP contribution >= 0.6 is 0 Å². The van der Waals surface area contributed by atoms with E-state index in [1.54, 1.807) is 0 Å². The molecule has 0 aromatic heterocycles. The fourth-order valence-electron chi connectivity index (χ4n) is 2.33. The van der Waals surface area contributed by atoms with Crippen LogP contribution in [0.3, 0.4) is 0 Å². The van der Waals surface area contributed by atoms with Gasteiger partial charge in [-0.1, -0.05) is 12.1 Å². The molecule has 88 valence electrons. The van der Waals surface area contributed by atoms with E-state index in [2.05, 4.69) is 50.4 Å². The molecule has 1 saturated heterocycles. The van der Waals surface area contributed by atoms with Crippen LogP contribution in [0.25, 0.3) is 0 Å². The average molecular weight is 219 g/mol. The molecule has 0 spiro atoms. The monoisotopic (exact) mass is 219 g/mol. The standard InChI is InChI=1S/C14H21NO/c1-11-5-4-6-12(9-11)15-13-7-8-16-14(2,3)10-13/h4-6,9,13,15H,7-8,10H2,1-3H3. The fraction of sp³-hybridized carbons (Fsp3) is 0.571. The summed E-state index contributed by atoms with van der Waals surface area (Å²) in [6, 6.07) is 9.09. The third kappa shape index (κ3) is 2.99. The van der Waals surface area contributed by atoms with Gasteiger partial charge in [0.25, 0.3) is 0 Å². The van der Waals surface area contributed by atoms with Crippen molar-refractivity contribution in [1.82, 2.24) is 0 Å². The first kappa shape index (κ1) is 11.5. The van der Waals surface area contributed by atoms with E-state index in [9.17, 15) is 0 Å². The minimum Gasteiger partial charge on any atom is -0.382 e. The zero-order chi connectivity index (χ0) is 11.6. The lowest BCUT2D eigenvalue weighted by molar-refractivity contribution is -0.0553. The molecule has 1 aliphatic rings. The van der Waals surface area contributed by atoms with Crippen LogP contribution in [0.2, 0.25) is 0 Å². The Labute approximate surface area is 98.0 Å². The highest BCUT2D eigenvalue weighted by Crippen LogP contribution is 2.26. The third-order valence-corrected chi connectivity index (χ3v) is 3.09. The molecule has 0 saturated carbocycles. The first-order valence-corrected chi connectivity index (χ1v) is 6.02. The highest BCUT2D eigenvalue weighted by Gasteiger charge is 2.28. The summed E-state index contributed by atoms with van der Waals surface area (Å²) in [5.41, 5.74) is 2.54. The summed E-state index contributed by atoms with van der Waals surface area (Å²) in [5.74, 6) is 0. The van der Waals surface area contributed by atoms with E-state index < -0.39 is 0 Å².